The van der Waals surface area contributed by atoms with Gasteiger partial charge in [0.05, 0.1) is 0 Å². The van der Waals surface area contributed by atoms with Crippen LogP contribution in [0.2, 0.25) is 0 Å². The van der Waals surface area contributed by atoms with E-state index in [2.05, 4.69) is 75.6 Å². The van der Waals surface area contributed by atoms with E-state index in [-0.39, 0.29) is 0 Å². The number of benzene rings is 2. The molecular formula is C30H45N. The Labute approximate surface area is 191 Å². The van der Waals surface area contributed by atoms with Gasteiger partial charge in [0, 0.05) is 28.4 Å². The second-order valence-corrected chi connectivity index (χ2v) is 9.69. The van der Waals surface area contributed by atoms with Gasteiger partial charge >= 0.3 is 0 Å². The van der Waals surface area contributed by atoms with E-state index in [9.17, 15) is 0 Å². The third-order valence-electron chi connectivity index (χ3n) is 7.45. The standard InChI is InChI=1S/C30H45N/c1-6-11-13-23(8-3)19-25-15-17-29-27(21-25)28-22-26(16-18-30(28)31(29)10-5)20-24(9-4)14-12-7-2/h15-18,21-24H,6-14,19-20H2,1-5H3. The van der Waals surface area contributed by atoms with Crippen molar-refractivity contribution >= 4 is 21.8 Å². The number of fused-ring (bicyclic) bond motifs is 3. The Morgan fingerprint density at radius 1 is 0.645 bits per heavy atom. The maximum atomic E-state index is 2.51. The lowest BCUT2D eigenvalue weighted by atomic mass is 9.90. The van der Waals surface area contributed by atoms with Gasteiger partial charge < -0.3 is 4.57 Å². The second-order valence-electron chi connectivity index (χ2n) is 9.69. The zero-order valence-electron chi connectivity index (χ0n) is 20.8. The summed E-state index contributed by atoms with van der Waals surface area (Å²) in [4.78, 5) is 0. The first-order valence-corrected chi connectivity index (χ1v) is 13.2. The molecule has 0 amide bonds. The topological polar surface area (TPSA) is 4.93 Å². The number of aromatic nitrogens is 1. The van der Waals surface area contributed by atoms with Crippen LogP contribution in [0.25, 0.3) is 21.8 Å². The van der Waals surface area contributed by atoms with E-state index >= 15 is 0 Å². The van der Waals surface area contributed by atoms with Crippen molar-refractivity contribution in [2.45, 2.75) is 105 Å². The summed E-state index contributed by atoms with van der Waals surface area (Å²) in [5, 5.41) is 2.92. The molecule has 0 saturated heterocycles. The van der Waals surface area contributed by atoms with Crippen molar-refractivity contribution < 1.29 is 0 Å². The van der Waals surface area contributed by atoms with Crippen molar-refractivity contribution in [2.24, 2.45) is 11.8 Å². The fourth-order valence-electron chi connectivity index (χ4n) is 5.35. The minimum atomic E-state index is 0.816. The highest BCUT2D eigenvalue weighted by Crippen LogP contribution is 2.33. The number of aryl methyl sites for hydroxylation is 1. The number of hydrogen-bond donors (Lipinski definition) is 0. The van der Waals surface area contributed by atoms with E-state index in [0.717, 1.165) is 18.4 Å². The highest BCUT2D eigenvalue weighted by atomic mass is 15.0. The van der Waals surface area contributed by atoms with Crippen LogP contribution >= 0.6 is 0 Å². The zero-order valence-corrected chi connectivity index (χ0v) is 20.8. The van der Waals surface area contributed by atoms with Crippen molar-refractivity contribution in [2.75, 3.05) is 0 Å². The predicted molar refractivity (Wildman–Crippen MR) is 139 cm³/mol. The van der Waals surface area contributed by atoms with Gasteiger partial charge in [-0.15, -0.1) is 0 Å². The lowest BCUT2D eigenvalue weighted by molar-refractivity contribution is 0.449. The van der Waals surface area contributed by atoms with Crippen molar-refractivity contribution in [3.63, 3.8) is 0 Å². The molecule has 1 heterocycles. The fourth-order valence-corrected chi connectivity index (χ4v) is 5.35. The Kier molecular flexibility index (Phi) is 9.05. The molecule has 170 valence electrons. The third-order valence-corrected chi connectivity index (χ3v) is 7.45. The molecule has 1 nitrogen and oxygen atoms in total. The van der Waals surface area contributed by atoms with Gasteiger partial charge in [-0.25, -0.2) is 0 Å². The van der Waals surface area contributed by atoms with Crippen molar-refractivity contribution in [1.29, 1.82) is 0 Å². The largest absolute Gasteiger partial charge is 0.341 e. The van der Waals surface area contributed by atoms with Crippen LogP contribution in [0.5, 0.6) is 0 Å². The lowest BCUT2D eigenvalue weighted by Crippen LogP contribution is -2.03. The molecule has 0 spiro atoms. The molecule has 2 atom stereocenters. The number of nitrogens with zero attached hydrogens (tertiary/aromatic N) is 1. The third kappa shape index (κ3) is 5.73. The quantitative estimate of drug-likeness (QED) is 0.260. The van der Waals surface area contributed by atoms with Crippen LogP contribution in [0, 0.1) is 11.8 Å². The molecule has 0 aliphatic heterocycles. The fraction of sp³-hybridized carbons (Fsp3) is 0.600. The van der Waals surface area contributed by atoms with E-state index in [1.54, 1.807) is 0 Å². The van der Waals surface area contributed by atoms with E-state index in [4.69, 9.17) is 0 Å². The van der Waals surface area contributed by atoms with E-state index in [0.29, 0.717) is 0 Å². The SMILES string of the molecule is CCCCC(CC)Cc1ccc2c(c1)c1cc(CC(CC)CCCC)ccc1n2CC. The first kappa shape index (κ1) is 23.9. The van der Waals surface area contributed by atoms with Crippen LogP contribution in [-0.4, -0.2) is 4.57 Å². The number of hydrogen-bond acceptors (Lipinski definition) is 0. The van der Waals surface area contributed by atoms with Gasteiger partial charge in [-0.2, -0.15) is 0 Å². The number of unbranched alkanes of at least 4 members (excludes halogenated alkanes) is 2. The van der Waals surface area contributed by atoms with Crippen molar-refractivity contribution in [1.82, 2.24) is 4.57 Å². The predicted octanol–water partition coefficient (Wildman–Crippen LogP) is 9.33. The molecule has 0 fully saturated rings. The summed E-state index contributed by atoms with van der Waals surface area (Å²) in [6.45, 7) is 12.6. The Morgan fingerprint density at radius 3 is 1.45 bits per heavy atom. The summed E-state index contributed by atoms with van der Waals surface area (Å²) >= 11 is 0. The molecule has 2 aromatic carbocycles. The molecule has 3 rings (SSSR count). The molecule has 0 aliphatic rings. The van der Waals surface area contributed by atoms with Crippen LogP contribution in [-0.2, 0) is 19.4 Å². The van der Waals surface area contributed by atoms with E-state index < -0.39 is 0 Å². The van der Waals surface area contributed by atoms with Gasteiger partial charge in [-0.1, -0.05) is 91.2 Å². The van der Waals surface area contributed by atoms with Gasteiger partial charge in [0.2, 0.25) is 0 Å². The Hall–Kier alpha value is -1.76. The van der Waals surface area contributed by atoms with Crippen LogP contribution in [0.15, 0.2) is 36.4 Å². The molecule has 1 heteroatoms. The van der Waals surface area contributed by atoms with Gasteiger partial charge in [0.1, 0.15) is 0 Å². The van der Waals surface area contributed by atoms with Crippen LogP contribution in [0.4, 0.5) is 0 Å². The lowest BCUT2D eigenvalue weighted by Gasteiger charge is -2.15. The van der Waals surface area contributed by atoms with Gasteiger partial charge in [-0.05, 0) is 67.0 Å². The monoisotopic (exact) mass is 419 g/mol. The Morgan fingerprint density at radius 2 is 1.10 bits per heavy atom. The van der Waals surface area contributed by atoms with Crippen molar-refractivity contribution in [3.8, 4) is 0 Å². The van der Waals surface area contributed by atoms with Gasteiger partial charge in [-0.3, -0.25) is 0 Å². The first-order chi connectivity index (χ1) is 15.1. The normalized spacial score (nSPS) is 13.8. The van der Waals surface area contributed by atoms with E-state index in [1.165, 1.54) is 97.1 Å². The van der Waals surface area contributed by atoms with E-state index in [1.807, 2.05) is 0 Å². The summed E-state index contributed by atoms with van der Waals surface area (Å²) in [7, 11) is 0. The molecule has 0 aliphatic carbocycles. The summed E-state index contributed by atoms with van der Waals surface area (Å²) < 4.78 is 2.50. The van der Waals surface area contributed by atoms with Crippen LogP contribution < -0.4 is 0 Å². The maximum Gasteiger partial charge on any atom is 0.0491 e. The smallest absolute Gasteiger partial charge is 0.0491 e. The summed E-state index contributed by atoms with van der Waals surface area (Å²) in [6, 6.07) is 14.6. The molecule has 0 radical (unpaired) electrons. The molecule has 2 unspecified atom stereocenters. The molecular weight excluding hydrogens is 374 g/mol. The summed E-state index contributed by atoms with van der Waals surface area (Å²) in [5.74, 6) is 1.63. The molecule has 1 aromatic heterocycles. The minimum absolute atomic E-state index is 0.816. The highest BCUT2D eigenvalue weighted by molar-refractivity contribution is 6.08. The van der Waals surface area contributed by atoms with Gasteiger partial charge in [0.25, 0.3) is 0 Å². The zero-order chi connectivity index (χ0) is 22.2. The average Bonchev–Trinajstić information content (AvgIpc) is 3.11. The van der Waals surface area contributed by atoms with Crippen LogP contribution in [0.1, 0.15) is 97.1 Å². The first-order valence-electron chi connectivity index (χ1n) is 13.2. The maximum absolute atomic E-state index is 2.51. The molecule has 31 heavy (non-hydrogen) atoms. The summed E-state index contributed by atoms with van der Waals surface area (Å²) in [5.41, 5.74) is 5.84. The second kappa shape index (κ2) is 11.7. The van der Waals surface area contributed by atoms with Crippen molar-refractivity contribution in [3.05, 3.63) is 47.5 Å². The molecule has 0 N–H and O–H groups in total. The summed E-state index contributed by atoms with van der Waals surface area (Å²) in [6.07, 6.45) is 13.1. The molecule has 0 bridgehead atoms. The highest BCUT2D eigenvalue weighted by Gasteiger charge is 2.14. The minimum Gasteiger partial charge on any atom is -0.341 e. The Bertz CT molecular complexity index is 873. The van der Waals surface area contributed by atoms with Crippen LogP contribution in [0.3, 0.4) is 0 Å². The molecule has 3 aromatic rings. The van der Waals surface area contributed by atoms with Gasteiger partial charge in [0.15, 0.2) is 0 Å². The molecule has 0 saturated carbocycles. The number of rotatable bonds is 13. The Balaban J connectivity index is 1.95. The average molecular weight is 420 g/mol.